The molecular formula is CH11LiNOSi2. The standard InChI is InChI=1S/CH4O.Li.H7NSi2/c1-2;;2-1-3/h2H,1H3;;1H,2-3H3. The zero-order valence-corrected chi connectivity index (χ0v) is 8.95. The quantitative estimate of drug-likeness (QED) is 0.320. The van der Waals surface area contributed by atoms with Crippen LogP contribution in [0.3, 0.4) is 0 Å². The third-order valence-electron chi connectivity index (χ3n) is 0. The maximum absolute atomic E-state index is 7.00. The maximum atomic E-state index is 7.00. The Morgan fingerprint density at radius 2 is 1.33 bits per heavy atom. The van der Waals surface area contributed by atoms with Gasteiger partial charge in [0.1, 0.15) is 0 Å². The first-order valence-electron chi connectivity index (χ1n) is 1.45. The van der Waals surface area contributed by atoms with Gasteiger partial charge in [-0.05, 0) is 0 Å². The summed E-state index contributed by atoms with van der Waals surface area (Å²) in [7, 11) is 3.36. The summed E-state index contributed by atoms with van der Waals surface area (Å²) >= 11 is 0. The molecule has 0 heterocycles. The fraction of sp³-hybridized carbons (Fsp3) is 1.00. The zero-order valence-electron chi connectivity index (χ0n) is 4.95. The van der Waals surface area contributed by atoms with Gasteiger partial charge in [0.25, 0.3) is 0 Å². The average molecular weight is 116 g/mol. The summed E-state index contributed by atoms with van der Waals surface area (Å²) in [6, 6.07) is 0. The molecule has 0 aliphatic rings. The van der Waals surface area contributed by atoms with E-state index in [0.717, 1.165) is 7.11 Å². The van der Waals surface area contributed by atoms with Crippen molar-refractivity contribution >= 4 is 39.7 Å². The largest absolute Gasteiger partial charge is 0.400 e. The van der Waals surface area contributed by atoms with Crippen molar-refractivity contribution in [2.45, 2.75) is 0 Å². The fourth-order valence-corrected chi connectivity index (χ4v) is 0. The summed E-state index contributed by atoms with van der Waals surface area (Å²) in [5.41, 5.74) is 0. The van der Waals surface area contributed by atoms with Gasteiger partial charge in [-0.2, -0.15) is 0 Å². The molecule has 0 amide bonds. The SMILES string of the molecule is CO.[Li].[SiH3]N[SiH3]. The van der Waals surface area contributed by atoms with Crippen molar-refractivity contribution in [3.05, 3.63) is 0 Å². The molecule has 0 spiro atoms. The number of hydrogen-bond donors (Lipinski definition) is 2. The van der Waals surface area contributed by atoms with Crippen molar-refractivity contribution in [2.75, 3.05) is 7.11 Å². The normalized spacial score (nSPS) is 5.00. The second kappa shape index (κ2) is 38.3. The monoisotopic (exact) mass is 116 g/mol. The number of rotatable bonds is 0. The van der Waals surface area contributed by atoms with E-state index < -0.39 is 0 Å². The minimum Gasteiger partial charge on any atom is -0.400 e. The summed E-state index contributed by atoms with van der Waals surface area (Å²) in [5, 5.41) is 7.00. The van der Waals surface area contributed by atoms with Crippen LogP contribution in [0.15, 0.2) is 0 Å². The Morgan fingerprint density at radius 3 is 1.33 bits per heavy atom. The van der Waals surface area contributed by atoms with E-state index in [9.17, 15) is 0 Å². The van der Waals surface area contributed by atoms with Crippen molar-refractivity contribution in [3.8, 4) is 0 Å². The molecule has 0 aromatic rings. The Bertz CT molecular complexity index is 13.5. The molecule has 0 saturated heterocycles. The van der Waals surface area contributed by atoms with Crippen molar-refractivity contribution in [2.24, 2.45) is 0 Å². The summed E-state index contributed by atoms with van der Waals surface area (Å²) in [5.74, 6) is 0. The van der Waals surface area contributed by atoms with E-state index >= 15 is 0 Å². The average Bonchev–Trinajstić information content (AvgIpc) is 1.46. The van der Waals surface area contributed by atoms with Crippen LogP contribution >= 0.6 is 0 Å². The van der Waals surface area contributed by atoms with Crippen LogP contribution in [0.2, 0.25) is 0 Å². The van der Waals surface area contributed by atoms with Gasteiger partial charge in [0, 0.05) is 26.0 Å². The zero-order chi connectivity index (χ0) is 4.71. The molecule has 2 nitrogen and oxygen atoms in total. The Hall–Kier alpha value is 0.951. The Balaban J connectivity index is -0.0000000275. The van der Waals surface area contributed by atoms with Gasteiger partial charge in [0.05, 0.1) is 20.8 Å². The summed E-state index contributed by atoms with van der Waals surface area (Å²) in [6.45, 7) is 0. The predicted octanol–water partition coefficient (Wildman–Crippen LogP) is -3.64. The third-order valence-corrected chi connectivity index (χ3v) is 0. The molecule has 0 aliphatic heterocycles. The molecule has 5 heteroatoms. The third kappa shape index (κ3) is 85.4. The summed E-state index contributed by atoms with van der Waals surface area (Å²) in [4.78, 5) is 0. The molecule has 0 unspecified atom stereocenters. The number of hydrogen-bond acceptors (Lipinski definition) is 2. The molecule has 6 heavy (non-hydrogen) atoms. The molecule has 0 aromatic heterocycles. The van der Waals surface area contributed by atoms with Crippen molar-refractivity contribution < 1.29 is 5.11 Å². The molecule has 1 radical (unpaired) electrons. The Morgan fingerprint density at radius 1 is 1.33 bits per heavy atom. The molecule has 0 saturated carbocycles. The first-order chi connectivity index (χ1) is 2.41. The topological polar surface area (TPSA) is 32.3 Å². The van der Waals surface area contributed by atoms with Crippen LogP contribution in [-0.4, -0.2) is 51.9 Å². The van der Waals surface area contributed by atoms with Crippen LogP contribution in [0, 0.1) is 0 Å². The number of aliphatic hydroxyl groups excluding tert-OH is 1. The molecule has 2 N–H and O–H groups in total. The van der Waals surface area contributed by atoms with Gasteiger partial charge in [0.15, 0.2) is 0 Å². The van der Waals surface area contributed by atoms with E-state index in [4.69, 9.17) is 5.11 Å². The van der Waals surface area contributed by atoms with Gasteiger partial charge in [0.2, 0.25) is 0 Å². The smallest absolute Gasteiger partial charge is 0.0670 e. The van der Waals surface area contributed by atoms with Crippen molar-refractivity contribution in [3.63, 3.8) is 0 Å². The van der Waals surface area contributed by atoms with Crippen LogP contribution in [0.4, 0.5) is 0 Å². The number of nitrogens with one attached hydrogen (secondary N) is 1. The first-order valence-corrected chi connectivity index (χ1v) is 3.45. The van der Waals surface area contributed by atoms with Crippen LogP contribution in [0.1, 0.15) is 0 Å². The van der Waals surface area contributed by atoms with Crippen molar-refractivity contribution in [1.29, 1.82) is 0 Å². The molecule has 0 rings (SSSR count). The minimum atomic E-state index is 0. The van der Waals surface area contributed by atoms with Crippen LogP contribution in [-0.2, 0) is 0 Å². The second-order valence-corrected chi connectivity index (χ2v) is 4.50. The van der Waals surface area contributed by atoms with Crippen LogP contribution in [0.25, 0.3) is 0 Å². The van der Waals surface area contributed by atoms with Gasteiger partial charge >= 0.3 is 0 Å². The van der Waals surface area contributed by atoms with Crippen LogP contribution < -0.4 is 4.65 Å². The van der Waals surface area contributed by atoms with Gasteiger partial charge in [-0.15, -0.1) is 0 Å². The minimum absolute atomic E-state index is 0. The van der Waals surface area contributed by atoms with E-state index in [1.165, 1.54) is 20.8 Å². The van der Waals surface area contributed by atoms with Gasteiger partial charge in [-0.1, -0.05) is 0 Å². The first kappa shape index (κ1) is 15.8. The van der Waals surface area contributed by atoms with E-state index in [1.54, 1.807) is 0 Å². The Kier molecular flexibility index (Phi) is 101. The summed E-state index contributed by atoms with van der Waals surface area (Å²) < 4.78 is 3.03. The number of aliphatic hydroxyl groups is 1. The van der Waals surface area contributed by atoms with Crippen molar-refractivity contribution in [1.82, 2.24) is 4.65 Å². The van der Waals surface area contributed by atoms with Crippen LogP contribution in [0.5, 0.6) is 0 Å². The second-order valence-electron chi connectivity index (χ2n) is 0.500. The maximum Gasteiger partial charge on any atom is 0.0670 e. The fourth-order valence-electron chi connectivity index (χ4n) is 0. The molecule has 0 atom stereocenters. The molecule has 0 fully saturated rings. The van der Waals surface area contributed by atoms with Gasteiger partial charge in [-0.3, -0.25) is 0 Å². The predicted molar refractivity (Wildman–Crippen MR) is 36.9 cm³/mol. The molecule has 35 valence electrons. The van der Waals surface area contributed by atoms with E-state index in [-0.39, 0.29) is 18.9 Å². The van der Waals surface area contributed by atoms with E-state index in [0.29, 0.717) is 0 Å². The molecule has 0 aromatic carbocycles. The summed E-state index contributed by atoms with van der Waals surface area (Å²) in [6.07, 6.45) is 0. The van der Waals surface area contributed by atoms with Gasteiger partial charge in [-0.25, -0.2) is 0 Å². The van der Waals surface area contributed by atoms with E-state index in [1.807, 2.05) is 0 Å². The van der Waals surface area contributed by atoms with E-state index in [2.05, 4.69) is 4.65 Å². The van der Waals surface area contributed by atoms with Gasteiger partial charge < -0.3 is 9.75 Å². The molecule has 0 bridgehead atoms. The Labute approximate surface area is 56.9 Å². The molecular weight excluding hydrogens is 105 g/mol. The molecule has 0 aliphatic carbocycles.